The Balaban J connectivity index is 0.00000176. The lowest BCUT2D eigenvalue weighted by Crippen LogP contribution is -2.17. The van der Waals surface area contributed by atoms with Gasteiger partial charge in [0.05, 0.1) is 0 Å². The van der Waals surface area contributed by atoms with Crippen LogP contribution in [-0.2, 0) is 13.6 Å². The number of carbonyl (C=O) groups excluding carboxylic acids is 1. The van der Waals surface area contributed by atoms with E-state index in [0.717, 1.165) is 35.8 Å². The molecule has 0 radical (unpaired) electrons. The molecule has 2 aromatic rings. The fraction of sp³-hybridized carbons (Fsp3) is 0.312. The highest BCUT2D eigenvalue weighted by atomic mass is 35.5. The van der Waals surface area contributed by atoms with E-state index in [4.69, 9.17) is 4.74 Å². The molecule has 0 aliphatic carbocycles. The Morgan fingerprint density at radius 1 is 1.32 bits per heavy atom. The molecular weight excluding hydrogens is 302 g/mol. The molecule has 5 nitrogen and oxygen atoms in total. The number of amides is 1. The summed E-state index contributed by atoms with van der Waals surface area (Å²) in [6.45, 7) is 4.23. The van der Waals surface area contributed by atoms with E-state index in [9.17, 15) is 4.79 Å². The van der Waals surface area contributed by atoms with Gasteiger partial charge in [0.2, 0.25) is 0 Å². The molecular formula is C16H20ClN3O2. The third-order valence-electron chi connectivity index (χ3n) is 3.78. The molecule has 1 amide bonds. The van der Waals surface area contributed by atoms with Crippen molar-refractivity contribution in [2.45, 2.75) is 13.5 Å². The van der Waals surface area contributed by atoms with Gasteiger partial charge in [-0.05, 0) is 37.3 Å². The number of hydrogen-bond donors (Lipinski definition) is 2. The Labute approximate surface area is 136 Å². The standard InChI is InChI=1S/C16H19N3O2.ClH/c1-11-3-5-14(19(11)2)16(20)18-13-4-6-15-12(9-13)10-17-7-8-21-15;/h3-6,9,17H,7-8,10H2,1-2H3,(H,18,20);1H. The summed E-state index contributed by atoms with van der Waals surface area (Å²) in [4.78, 5) is 12.3. The van der Waals surface area contributed by atoms with Gasteiger partial charge in [0, 0.05) is 37.1 Å². The highest BCUT2D eigenvalue weighted by Crippen LogP contribution is 2.24. The molecule has 0 spiro atoms. The summed E-state index contributed by atoms with van der Waals surface area (Å²) < 4.78 is 7.51. The topological polar surface area (TPSA) is 55.3 Å². The van der Waals surface area contributed by atoms with Gasteiger partial charge >= 0.3 is 0 Å². The van der Waals surface area contributed by atoms with Gasteiger partial charge in [-0.25, -0.2) is 0 Å². The number of nitrogens with zero attached hydrogens (tertiary/aromatic N) is 1. The van der Waals surface area contributed by atoms with Gasteiger partial charge in [0.1, 0.15) is 18.1 Å². The molecule has 118 valence electrons. The highest BCUT2D eigenvalue weighted by molar-refractivity contribution is 6.03. The monoisotopic (exact) mass is 321 g/mol. The smallest absolute Gasteiger partial charge is 0.272 e. The Hall–Kier alpha value is -1.98. The minimum atomic E-state index is -0.104. The second-order valence-electron chi connectivity index (χ2n) is 5.22. The molecule has 0 atom stereocenters. The van der Waals surface area contributed by atoms with E-state index < -0.39 is 0 Å². The molecule has 1 aromatic heterocycles. The van der Waals surface area contributed by atoms with Crippen LogP contribution < -0.4 is 15.4 Å². The number of hydrogen-bond acceptors (Lipinski definition) is 3. The maximum atomic E-state index is 12.3. The summed E-state index contributed by atoms with van der Waals surface area (Å²) in [5, 5.41) is 6.23. The zero-order chi connectivity index (χ0) is 14.8. The Morgan fingerprint density at radius 2 is 2.14 bits per heavy atom. The van der Waals surface area contributed by atoms with Gasteiger partial charge in [-0.3, -0.25) is 4.79 Å². The van der Waals surface area contributed by atoms with Crippen molar-refractivity contribution in [2.75, 3.05) is 18.5 Å². The summed E-state index contributed by atoms with van der Waals surface area (Å²) in [5.74, 6) is 0.778. The maximum absolute atomic E-state index is 12.3. The van der Waals surface area contributed by atoms with Crippen LogP contribution in [0.5, 0.6) is 5.75 Å². The van der Waals surface area contributed by atoms with Crippen LogP contribution in [0.1, 0.15) is 21.7 Å². The summed E-state index contributed by atoms with van der Waals surface area (Å²) in [6, 6.07) is 9.51. The van der Waals surface area contributed by atoms with E-state index in [2.05, 4.69) is 10.6 Å². The Kier molecular flexibility index (Phi) is 5.11. The molecule has 1 aliphatic rings. The van der Waals surface area contributed by atoms with Crippen molar-refractivity contribution in [3.63, 3.8) is 0 Å². The number of ether oxygens (including phenoxy) is 1. The fourth-order valence-corrected chi connectivity index (χ4v) is 2.43. The normalized spacial score (nSPS) is 13.4. The van der Waals surface area contributed by atoms with Gasteiger partial charge in [-0.2, -0.15) is 0 Å². The van der Waals surface area contributed by atoms with Crippen molar-refractivity contribution in [3.05, 3.63) is 47.3 Å². The molecule has 22 heavy (non-hydrogen) atoms. The molecule has 0 bridgehead atoms. The Bertz CT molecular complexity index is 682. The van der Waals surface area contributed by atoms with Crippen LogP contribution in [0.25, 0.3) is 0 Å². The fourth-order valence-electron chi connectivity index (χ4n) is 2.43. The molecule has 1 aromatic carbocycles. The number of anilines is 1. The van der Waals surface area contributed by atoms with Crippen LogP contribution in [0.4, 0.5) is 5.69 Å². The van der Waals surface area contributed by atoms with Gasteiger partial charge in [0.25, 0.3) is 5.91 Å². The van der Waals surface area contributed by atoms with E-state index in [-0.39, 0.29) is 18.3 Å². The van der Waals surface area contributed by atoms with E-state index in [1.807, 2.05) is 48.9 Å². The van der Waals surface area contributed by atoms with Crippen molar-refractivity contribution >= 4 is 24.0 Å². The van der Waals surface area contributed by atoms with Crippen LogP contribution in [0.3, 0.4) is 0 Å². The van der Waals surface area contributed by atoms with Crippen LogP contribution in [0.15, 0.2) is 30.3 Å². The number of halogens is 1. The van der Waals surface area contributed by atoms with E-state index in [1.165, 1.54) is 0 Å². The number of carbonyl (C=O) groups is 1. The van der Waals surface area contributed by atoms with E-state index in [0.29, 0.717) is 12.3 Å². The third-order valence-corrected chi connectivity index (χ3v) is 3.78. The van der Waals surface area contributed by atoms with E-state index >= 15 is 0 Å². The van der Waals surface area contributed by atoms with Gasteiger partial charge in [-0.1, -0.05) is 0 Å². The lowest BCUT2D eigenvalue weighted by molar-refractivity contribution is 0.101. The summed E-state index contributed by atoms with van der Waals surface area (Å²) in [7, 11) is 1.89. The molecule has 2 heterocycles. The zero-order valence-corrected chi connectivity index (χ0v) is 13.5. The number of aromatic nitrogens is 1. The second kappa shape index (κ2) is 6.85. The molecule has 0 fully saturated rings. The average molecular weight is 322 g/mol. The van der Waals surface area contributed by atoms with Crippen LogP contribution in [0, 0.1) is 6.92 Å². The van der Waals surface area contributed by atoms with Gasteiger partial charge < -0.3 is 19.9 Å². The van der Waals surface area contributed by atoms with Crippen LogP contribution >= 0.6 is 12.4 Å². The number of rotatable bonds is 2. The molecule has 3 rings (SSSR count). The van der Waals surface area contributed by atoms with Crippen LogP contribution in [0.2, 0.25) is 0 Å². The quantitative estimate of drug-likeness (QED) is 0.893. The Morgan fingerprint density at radius 3 is 2.86 bits per heavy atom. The summed E-state index contributed by atoms with van der Waals surface area (Å²) in [6.07, 6.45) is 0. The molecule has 2 N–H and O–H groups in total. The summed E-state index contributed by atoms with van der Waals surface area (Å²) >= 11 is 0. The van der Waals surface area contributed by atoms with Crippen molar-refractivity contribution < 1.29 is 9.53 Å². The molecule has 0 unspecified atom stereocenters. The first kappa shape index (κ1) is 16.4. The minimum absolute atomic E-state index is 0. The van der Waals surface area contributed by atoms with Crippen molar-refractivity contribution in [1.29, 1.82) is 0 Å². The lowest BCUT2D eigenvalue weighted by Gasteiger charge is -2.11. The predicted octanol–water partition coefficient (Wildman–Crippen LogP) is 2.49. The highest BCUT2D eigenvalue weighted by Gasteiger charge is 2.13. The maximum Gasteiger partial charge on any atom is 0.272 e. The summed E-state index contributed by atoms with van der Waals surface area (Å²) in [5.41, 5.74) is 3.55. The molecule has 0 saturated heterocycles. The molecule has 0 saturated carbocycles. The largest absolute Gasteiger partial charge is 0.492 e. The van der Waals surface area contributed by atoms with Gasteiger partial charge in [0.15, 0.2) is 0 Å². The van der Waals surface area contributed by atoms with E-state index in [1.54, 1.807) is 0 Å². The number of aryl methyl sites for hydroxylation is 1. The minimum Gasteiger partial charge on any atom is -0.492 e. The number of benzene rings is 1. The third kappa shape index (κ3) is 3.26. The van der Waals surface area contributed by atoms with Crippen molar-refractivity contribution in [1.82, 2.24) is 9.88 Å². The predicted molar refractivity (Wildman–Crippen MR) is 89.0 cm³/mol. The second-order valence-corrected chi connectivity index (χ2v) is 5.22. The first-order valence-electron chi connectivity index (χ1n) is 7.05. The lowest BCUT2D eigenvalue weighted by atomic mass is 10.1. The van der Waals surface area contributed by atoms with Crippen molar-refractivity contribution in [3.8, 4) is 5.75 Å². The first-order chi connectivity index (χ1) is 10.1. The molecule has 1 aliphatic heterocycles. The first-order valence-corrected chi connectivity index (χ1v) is 7.05. The number of fused-ring (bicyclic) bond motifs is 1. The SMILES string of the molecule is Cc1ccc(C(=O)Nc2ccc3c(c2)CNCCO3)n1C.Cl. The average Bonchev–Trinajstić information content (AvgIpc) is 2.68. The van der Waals surface area contributed by atoms with Gasteiger partial charge in [-0.15, -0.1) is 12.4 Å². The van der Waals surface area contributed by atoms with Crippen molar-refractivity contribution in [2.24, 2.45) is 7.05 Å². The van der Waals surface area contributed by atoms with Crippen LogP contribution in [-0.4, -0.2) is 23.6 Å². The zero-order valence-electron chi connectivity index (χ0n) is 12.7. The number of nitrogens with one attached hydrogen (secondary N) is 2. The molecule has 6 heteroatoms.